The number of sulfone groups is 1. The van der Waals surface area contributed by atoms with E-state index in [4.69, 9.17) is 0 Å². The van der Waals surface area contributed by atoms with Crippen LogP contribution < -0.4 is 10.6 Å². The van der Waals surface area contributed by atoms with Crippen molar-refractivity contribution < 1.29 is 22.4 Å². The van der Waals surface area contributed by atoms with Gasteiger partial charge in [0.1, 0.15) is 5.82 Å². The number of halogens is 1. The minimum atomic E-state index is -3.16. The number of hydrogen-bond acceptors (Lipinski definition) is 4. The highest BCUT2D eigenvalue weighted by molar-refractivity contribution is 7.89. The van der Waals surface area contributed by atoms with E-state index in [-0.39, 0.29) is 22.9 Å². The summed E-state index contributed by atoms with van der Waals surface area (Å²) in [5.41, 5.74) is 1.09. The molecule has 2 aromatic rings. The van der Waals surface area contributed by atoms with Gasteiger partial charge in [-0.2, -0.15) is 0 Å². The van der Waals surface area contributed by atoms with E-state index in [1.807, 2.05) is 0 Å². The van der Waals surface area contributed by atoms with Crippen LogP contribution in [0.4, 0.5) is 15.8 Å². The molecule has 25 heavy (non-hydrogen) atoms. The molecule has 0 aliphatic heterocycles. The molecule has 0 aliphatic carbocycles. The molecule has 2 amide bonds. The second kappa shape index (κ2) is 7.43. The Morgan fingerprint density at radius 3 is 2.24 bits per heavy atom. The van der Waals surface area contributed by atoms with Gasteiger partial charge < -0.3 is 10.6 Å². The van der Waals surface area contributed by atoms with E-state index in [0.29, 0.717) is 11.3 Å². The fraction of sp³-hybridized carbons (Fsp3) is 0.176. The lowest BCUT2D eigenvalue weighted by Gasteiger charge is -2.09. The summed E-state index contributed by atoms with van der Waals surface area (Å²) >= 11 is 0. The van der Waals surface area contributed by atoms with E-state index in [1.54, 1.807) is 0 Å². The maximum atomic E-state index is 13.8. The SMILES string of the molecule is CC(=O)Nc1ccc(F)c(NC(=O)c2ccc(CS(C)(=O)=O)cc2)c1. The van der Waals surface area contributed by atoms with Crippen LogP contribution >= 0.6 is 0 Å². The third-order valence-corrected chi connectivity index (χ3v) is 4.04. The van der Waals surface area contributed by atoms with Gasteiger partial charge in [-0.15, -0.1) is 0 Å². The van der Waals surface area contributed by atoms with E-state index < -0.39 is 21.6 Å². The Balaban J connectivity index is 2.15. The molecule has 0 bridgehead atoms. The standard InChI is InChI=1S/C17H17FN2O4S/c1-11(21)19-14-7-8-15(18)16(9-14)20-17(22)13-5-3-12(4-6-13)10-25(2,23)24/h3-9H,10H2,1-2H3,(H,19,21)(H,20,22). The van der Waals surface area contributed by atoms with Gasteiger partial charge in [-0.3, -0.25) is 9.59 Å². The first kappa shape index (κ1) is 18.6. The van der Waals surface area contributed by atoms with Crippen LogP contribution in [0.1, 0.15) is 22.8 Å². The van der Waals surface area contributed by atoms with E-state index in [1.165, 1.54) is 43.3 Å². The number of rotatable bonds is 5. The van der Waals surface area contributed by atoms with Crippen molar-refractivity contribution in [3.05, 3.63) is 59.4 Å². The van der Waals surface area contributed by atoms with Gasteiger partial charge in [0.05, 0.1) is 11.4 Å². The Labute approximate surface area is 145 Å². The van der Waals surface area contributed by atoms with Gasteiger partial charge in [-0.05, 0) is 35.9 Å². The van der Waals surface area contributed by atoms with E-state index >= 15 is 0 Å². The molecule has 2 N–H and O–H groups in total. The normalized spacial score (nSPS) is 11.0. The smallest absolute Gasteiger partial charge is 0.255 e. The van der Waals surface area contributed by atoms with Crippen molar-refractivity contribution >= 4 is 33.0 Å². The lowest BCUT2D eigenvalue weighted by atomic mass is 10.1. The highest BCUT2D eigenvalue weighted by Crippen LogP contribution is 2.20. The summed E-state index contributed by atoms with van der Waals surface area (Å²) in [7, 11) is -3.16. The van der Waals surface area contributed by atoms with Crippen molar-refractivity contribution in [1.82, 2.24) is 0 Å². The topological polar surface area (TPSA) is 92.3 Å². The quantitative estimate of drug-likeness (QED) is 0.853. The fourth-order valence-corrected chi connectivity index (χ4v) is 2.95. The molecule has 2 aromatic carbocycles. The molecule has 0 aliphatic rings. The first-order valence-electron chi connectivity index (χ1n) is 7.29. The first-order valence-corrected chi connectivity index (χ1v) is 9.35. The van der Waals surface area contributed by atoms with Crippen LogP contribution in [0, 0.1) is 5.82 Å². The number of carbonyl (C=O) groups excluding carboxylic acids is 2. The Morgan fingerprint density at radius 2 is 1.68 bits per heavy atom. The van der Waals surface area contributed by atoms with E-state index in [0.717, 1.165) is 12.3 Å². The number of benzene rings is 2. The zero-order chi connectivity index (χ0) is 18.6. The zero-order valence-electron chi connectivity index (χ0n) is 13.7. The molecule has 0 fully saturated rings. The predicted octanol–water partition coefficient (Wildman–Crippen LogP) is 2.58. The fourth-order valence-electron chi connectivity index (χ4n) is 2.15. The van der Waals surface area contributed by atoms with Gasteiger partial charge in [0.2, 0.25) is 5.91 Å². The average molecular weight is 364 g/mol. The van der Waals surface area contributed by atoms with Crippen molar-refractivity contribution in [2.75, 3.05) is 16.9 Å². The molecule has 0 aromatic heterocycles. The molecule has 132 valence electrons. The Bertz CT molecular complexity index is 909. The summed E-state index contributed by atoms with van der Waals surface area (Å²) in [5.74, 6) is -1.63. The maximum Gasteiger partial charge on any atom is 0.255 e. The molecule has 0 unspecified atom stereocenters. The number of anilines is 2. The van der Waals surface area contributed by atoms with Crippen molar-refractivity contribution in [3.63, 3.8) is 0 Å². The summed E-state index contributed by atoms with van der Waals surface area (Å²) in [6.07, 6.45) is 1.12. The Hall–Kier alpha value is -2.74. The number of amides is 2. The Kier molecular flexibility index (Phi) is 5.53. The summed E-state index contributed by atoms with van der Waals surface area (Å²) in [6.45, 7) is 1.32. The highest BCUT2D eigenvalue weighted by Gasteiger charge is 2.11. The van der Waals surface area contributed by atoms with E-state index in [9.17, 15) is 22.4 Å². The van der Waals surface area contributed by atoms with Crippen LogP contribution in [0.3, 0.4) is 0 Å². The summed E-state index contributed by atoms with van der Waals surface area (Å²) < 4.78 is 36.3. The van der Waals surface area contributed by atoms with Crippen LogP contribution in [0.5, 0.6) is 0 Å². The maximum absolute atomic E-state index is 13.8. The summed E-state index contributed by atoms with van der Waals surface area (Å²) in [5, 5.41) is 4.93. The van der Waals surface area contributed by atoms with Gasteiger partial charge in [0, 0.05) is 24.4 Å². The summed E-state index contributed by atoms with van der Waals surface area (Å²) in [6, 6.07) is 9.81. The predicted molar refractivity (Wildman–Crippen MR) is 93.6 cm³/mol. The zero-order valence-corrected chi connectivity index (χ0v) is 14.5. The molecule has 0 radical (unpaired) electrons. The van der Waals surface area contributed by atoms with Crippen LogP contribution in [-0.4, -0.2) is 26.5 Å². The molecule has 8 heteroatoms. The second-order valence-electron chi connectivity index (χ2n) is 5.60. The van der Waals surface area contributed by atoms with E-state index in [2.05, 4.69) is 10.6 Å². The molecule has 0 atom stereocenters. The highest BCUT2D eigenvalue weighted by atomic mass is 32.2. The van der Waals surface area contributed by atoms with Gasteiger partial charge in [0.15, 0.2) is 9.84 Å². The molecule has 2 rings (SSSR count). The third kappa shape index (κ3) is 5.68. The lowest BCUT2D eigenvalue weighted by molar-refractivity contribution is -0.114. The van der Waals surface area contributed by atoms with Gasteiger partial charge in [0.25, 0.3) is 5.91 Å². The van der Waals surface area contributed by atoms with Crippen molar-refractivity contribution in [1.29, 1.82) is 0 Å². The molecule has 0 spiro atoms. The van der Waals surface area contributed by atoms with Gasteiger partial charge >= 0.3 is 0 Å². The second-order valence-corrected chi connectivity index (χ2v) is 7.74. The minimum absolute atomic E-state index is 0.0727. The molecule has 0 saturated heterocycles. The van der Waals surface area contributed by atoms with Gasteiger partial charge in [-0.1, -0.05) is 12.1 Å². The molecule has 0 saturated carbocycles. The molecular weight excluding hydrogens is 347 g/mol. The number of carbonyl (C=O) groups is 2. The van der Waals surface area contributed by atoms with Crippen molar-refractivity contribution in [2.45, 2.75) is 12.7 Å². The monoisotopic (exact) mass is 364 g/mol. The van der Waals surface area contributed by atoms with Crippen LogP contribution in [0.15, 0.2) is 42.5 Å². The van der Waals surface area contributed by atoms with Crippen LogP contribution in [-0.2, 0) is 20.4 Å². The average Bonchev–Trinajstić information content (AvgIpc) is 2.49. The molecule has 0 heterocycles. The Morgan fingerprint density at radius 1 is 1.04 bits per heavy atom. The number of hydrogen-bond donors (Lipinski definition) is 2. The lowest BCUT2D eigenvalue weighted by Crippen LogP contribution is -2.14. The third-order valence-electron chi connectivity index (χ3n) is 3.18. The summed E-state index contributed by atoms with van der Waals surface area (Å²) in [4.78, 5) is 23.3. The molecule has 6 nitrogen and oxygen atoms in total. The first-order chi connectivity index (χ1) is 11.6. The van der Waals surface area contributed by atoms with Crippen LogP contribution in [0.25, 0.3) is 0 Å². The van der Waals surface area contributed by atoms with Crippen molar-refractivity contribution in [3.8, 4) is 0 Å². The van der Waals surface area contributed by atoms with Gasteiger partial charge in [-0.25, -0.2) is 12.8 Å². The molecular formula is C17H17FN2O4S. The number of nitrogens with one attached hydrogen (secondary N) is 2. The van der Waals surface area contributed by atoms with Crippen LogP contribution in [0.2, 0.25) is 0 Å². The largest absolute Gasteiger partial charge is 0.326 e. The van der Waals surface area contributed by atoms with Crippen molar-refractivity contribution in [2.24, 2.45) is 0 Å². The minimum Gasteiger partial charge on any atom is -0.326 e.